The van der Waals surface area contributed by atoms with Crippen molar-refractivity contribution in [1.82, 2.24) is 10.2 Å². The second-order valence-electron chi connectivity index (χ2n) is 4.87. The number of piperazine rings is 1. The second-order valence-corrected chi connectivity index (χ2v) is 5.73. The molecule has 22 heavy (non-hydrogen) atoms. The van der Waals surface area contributed by atoms with Gasteiger partial charge in [-0.1, -0.05) is 6.08 Å². The van der Waals surface area contributed by atoms with Crippen molar-refractivity contribution in [3.8, 4) is 11.5 Å². The first-order valence-electron chi connectivity index (χ1n) is 6.79. The van der Waals surface area contributed by atoms with E-state index in [1.807, 2.05) is 12.1 Å². The highest BCUT2D eigenvalue weighted by atomic mass is 79.9. The van der Waals surface area contributed by atoms with Gasteiger partial charge in [0.1, 0.15) is 11.5 Å². The van der Waals surface area contributed by atoms with Crippen LogP contribution in [-0.4, -0.2) is 43.3 Å². The number of methoxy groups -OCH3 is 1. The van der Waals surface area contributed by atoms with Crippen LogP contribution in [0, 0.1) is 0 Å². The van der Waals surface area contributed by atoms with E-state index in [9.17, 15) is 5.11 Å². The number of hydrogen-bond acceptors (Lipinski definition) is 4. The molecule has 0 bridgehead atoms. The fourth-order valence-electron chi connectivity index (χ4n) is 2.59. The van der Waals surface area contributed by atoms with E-state index in [4.69, 9.17) is 4.74 Å². The quantitative estimate of drug-likeness (QED) is 0.724. The third-order valence-electron chi connectivity index (χ3n) is 3.64. The van der Waals surface area contributed by atoms with E-state index in [0.717, 1.165) is 43.9 Å². The molecule has 4 nitrogen and oxygen atoms in total. The first-order chi connectivity index (χ1) is 9.67. The van der Waals surface area contributed by atoms with Gasteiger partial charge in [-0.3, -0.25) is 4.90 Å². The number of benzene rings is 1. The standard InChI is InChI=1S/C15H21BrN2O2.2ClH/c1-3-4-14(18-7-5-17-6-8-18)12-9-11(20-2)10-13(16)15(12)19;;/h3,9-10,14,17,19H,1,4-8H2,2H3;2*1H/t14-;;/m0../s1. The van der Waals surface area contributed by atoms with Gasteiger partial charge in [0.05, 0.1) is 11.6 Å². The Morgan fingerprint density at radius 1 is 1.41 bits per heavy atom. The smallest absolute Gasteiger partial charge is 0.134 e. The van der Waals surface area contributed by atoms with Gasteiger partial charge < -0.3 is 15.2 Å². The van der Waals surface area contributed by atoms with Crippen molar-refractivity contribution < 1.29 is 9.84 Å². The lowest BCUT2D eigenvalue weighted by molar-refractivity contribution is 0.171. The molecule has 0 aromatic heterocycles. The van der Waals surface area contributed by atoms with Gasteiger partial charge in [0, 0.05) is 37.8 Å². The van der Waals surface area contributed by atoms with E-state index in [0.29, 0.717) is 4.47 Å². The summed E-state index contributed by atoms with van der Waals surface area (Å²) in [7, 11) is 1.63. The van der Waals surface area contributed by atoms with Gasteiger partial charge in [0.2, 0.25) is 0 Å². The topological polar surface area (TPSA) is 44.7 Å². The summed E-state index contributed by atoms with van der Waals surface area (Å²) < 4.78 is 5.97. The molecule has 2 N–H and O–H groups in total. The molecular formula is C15H23BrCl2N2O2. The van der Waals surface area contributed by atoms with Crippen molar-refractivity contribution in [3.63, 3.8) is 0 Å². The summed E-state index contributed by atoms with van der Waals surface area (Å²) >= 11 is 3.39. The Bertz CT molecular complexity index is 483. The minimum absolute atomic E-state index is 0. The largest absolute Gasteiger partial charge is 0.506 e. The molecule has 0 spiro atoms. The minimum atomic E-state index is 0. The molecule has 0 radical (unpaired) electrons. The third-order valence-corrected chi connectivity index (χ3v) is 4.25. The van der Waals surface area contributed by atoms with Gasteiger partial charge in [-0.25, -0.2) is 0 Å². The van der Waals surface area contributed by atoms with E-state index >= 15 is 0 Å². The van der Waals surface area contributed by atoms with E-state index in [2.05, 4.69) is 32.7 Å². The maximum absolute atomic E-state index is 10.4. The van der Waals surface area contributed by atoms with E-state index in [1.54, 1.807) is 13.2 Å². The van der Waals surface area contributed by atoms with Crippen molar-refractivity contribution >= 4 is 40.7 Å². The van der Waals surface area contributed by atoms with Crippen molar-refractivity contribution in [3.05, 3.63) is 34.8 Å². The number of nitrogens with one attached hydrogen (secondary N) is 1. The Labute approximate surface area is 152 Å². The van der Waals surface area contributed by atoms with E-state index in [-0.39, 0.29) is 36.6 Å². The highest BCUT2D eigenvalue weighted by Crippen LogP contribution is 2.39. The first-order valence-corrected chi connectivity index (χ1v) is 7.58. The Morgan fingerprint density at radius 2 is 2.05 bits per heavy atom. The summed E-state index contributed by atoms with van der Waals surface area (Å²) in [5.41, 5.74) is 0.887. The second kappa shape index (κ2) is 10.3. The summed E-state index contributed by atoms with van der Waals surface area (Å²) in [6.07, 6.45) is 2.70. The number of nitrogens with zero attached hydrogens (tertiary/aromatic N) is 1. The number of phenolic OH excluding ortho intramolecular Hbond substituents is 1. The highest BCUT2D eigenvalue weighted by molar-refractivity contribution is 9.10. The van der Waals surface area contributed by atoms with Gasteiger partial charge in [-0.05, 0) is 34.5 Å². The molecule has 1 atom stereocenters. The molecule has 1 aliphatic heterocycles. The monoisotopic (exact) mass is 412 g/mol. The lowest BCUT2D eigenvalue weighted by Gasteiger charge is -2.35. The SMILES string of the molecule is C=CC[C@@H](c1cc(OC)cc(Br)c1O)N1CCNCC1.Cl.Cl. The van der Waals surface area contributed by atoms with Crippen LogP contribution in [0.4, 0.5) is 0 Å². The zero-order valence-electron chi connectivity index (χ0n) is 12.5. The molecule has 0 unspecified atom stereocenters. The van der Waals surface area contributed by atoms with Crippen molar-refractivity contribution in [2.24, 2.45) is 0 Å². The Balaban J connectivity index is 0.00000220. The normalized spacial score (nSPS) is 16.1. The number of rotatable bonds is 5. The van der Waals surface area contributed by atoms with Crippen LogP contribution >= 0.6 is 40.7 Å². The summed E-state index contributed by atoms with van der Waals surface area (Å²) in [6.45, 7) is 7.72. The Morgan fingerprint density at radius 3 is 2.59 bits per heavy atom. The van der Waals surface area contributed by atoms with Crippen LogP contribution in [-0.2, 0) is 0 Å². The van der Waals surface area contributed by atoms with Crippen LogP contribution < -0.4 is 10.1 Å². The molecule has 2 rings (SSSR count). The molecule has 1 heterocycles. The maximum Gasteiger partial charge on any atom is 0.134 e. The number of phenols is 1. The minimum Gasteiger partial charge on any atom is -0.506 e. The summed E-state index contributed by atoms with van der Waals surface area (Å²) in [5.74, 6) is 1.03. The van der Waals surface area contributed by atoms with Gasteiger partial charge in [-0.2, -0.15) is 0 Å². The molecule has 7 heteroatoms. The number of hydrogen-bond donors (Lipinski definition) is 2. The average Bonchev–Trinajstić information content (AvgIpc) is 2.48. The van der Waals surface area contributed by atoms with Gasteiger partial charge in [0.15, 0.2) is 0 Å². The van der Waals surface area contributed by atoms with Gasteiger partial charge in [0.25, 0.3) is 0 Å². The zero-order chi connectivity index (χ0) is 14.5. The average molecular weight is 414 g/mol. The summed E-state index contributed by atoms with van der Waals surface area (Å²) in [5, 5.41) is 13.7. The predicted octanol–water partition coefficient (Wildman–Crippen LogP) is 3.53. The predicted molar refractivity (Wildman–Crippen MR) is 98.9 cm³/mol. The van der Waals surface area contributed by atoms with Gasteiger partial charge in [-0.15, -0.1) is 31.4 Å². The number of ether oxygens (including phenoxy) is 1. The molecule has 1 aromatic rings. The van der Waals surface area contributed by atoms with E-state index in [1.165, 1.54) is 0 Å². The zero-order valence-corrected chi connectivity index (χ0v) is 15.8. The molecule has 126 valence electrons. The van der Waals surface area contributed by atoms with Crippen LogP contribution in [0.25, 0.3) is 0 Å². The van der Waals surface area contributed by atoms with Crippen LogP contribution in [0.5, 0.6) is 11.5 Å². The van der Waals surface area contributed by atoms with Gasteiger partial charge >= 0.3 is 0 Å². The molecule has 1 aromatic carbocycles. The van der Waals surface area contributed by atoms with Crippen molar-refractivity contribution in [1.29, 1.82) is 0 Å². The molecule has 1 fully saturated rings. The molecule has 1 aliphatic rings. The molecular weight excluding hydrogens is 391 g/mol. The number of halogens is 3. The van der Waals surface area contributed by atoms with Crippen LogP contribution in [0.15, 0.2) is 29.3 Å². The fraction of sp³-hybridized carbons (Fsp3) is 0.467. The maximum atomic E-state index is 10.4. The van der Waals surface area contributed by atoms with Crippen molar-refractivity contribution in [2.75, 3.05) is 33.3 Å². The molecule has 1 saturated heterocycles. The molecule has 0 saturated carbocycles. The number of aromatic hydroxyl groups is 1. The van der Waals surface area contributed by atoms with E-state index < -0.39 is 0 Å². The summed E-state index contributed by atoms with van der Waals surface area (Å²) in [6, 6.07) is 3.82. The third kappa shape index (κ3) is 5.03. The Hall–Kier alpha value is -0.460. The molecule has 0 amide bonds. The first kappa shape index (κ1) is 21.5. The lowest BCUT2D eigenvalue weighted by atomic mass is 9.99. The summed E-state index contributed by atoms with van der Waals surface area (Å²) in [4.78, 5) is 2.37. The lowest BCUT2D eigenvalue weighted by Crippen LogP contribution is -2.45. The molecule has 0 aliphatic carbocycles. The van der Waals surface area contributed by atoms with Crippen LogP contribution in [0.1, 0.15) is 18.0 Å². The Kier molecular flexibility index (Phi) is 10.1. The van der Waals surface area contributed by atoms with Crippen molar-refractivity contribution in [2.45, 2.75) is 12.5 Å². The van der Waals surface area contributed by atoms with Crippen LogP contribution in [0.3, 0.4) is 0 Å². The van der Waals surface area contributed by atoms with Crippen LogP contribution in [0.2, 0.25) is 0 Å². The highest BCUT2D eigenvalue weighted by Gasteiger charge is 2.25. The fourth-order valence-corrected chi connectivity index (χ4v) is 3.05.